The summed E-state index contributed by atoms with van der Waals surface area (Å²) >= 11 is 3.42. The van der Waals surface area contributed by atoms with Crippen molar-refractivity contribution >= 4 is 43.5 Å². The lowest BCUT2D eigenvalue weighted by Gasteiger charge is -2.35. The maximum atomic E-state index is 14.5. The monoisotopic (exact) mass is 687 g/mol. The van der Waals surface area contributed by atoms with E-state index in [1.807, 2.05) is 60.7 Å². The third kappa shape index (κ3) is 8.61. The molecule has 9 heteroatoms. The van der Waals surface area contributed by atoms with Crippen molar-refractivity contribution in [2.45, 2.75) is 62.0 Å². The average molecular weight is 689 g/mol. The van der Waals surface area contributed by atoms with Gasteiger partial charge in [0.15, 0.2) is 0 Å². The topological polar surface area (TPSA) is 86.8 Å². The molecule has 0 heterocycles. The molecule has 1 aliphatic carbocycles. The zero-order valence-electron chi connectivity index (χ0n) is 25.1. The van der Waals surface area contributed by atoms with E-state index in [1.165, 1.54) is 12.1 Å². The van der Waals surface area contributed by atoms with E-state index in [9.17, 15) is 18.0 Å². The Morgan fingerprint density at radius 2 is 1.31 bits per heavy atom. The summed E-state index contributed by atoms with van der Waals surface area (Å²) in [6.45, 7) is -0.331. The fourth-order valence-corrected chi connectivity index (χ4v) is 7.43. The lowest BCUT2D eigenvalue weighted by atomic mass is 9.94. The first-order valence-electron chi connectivity index (χ1n) is 15.3. The van der Waals surface area contributed by atoms with Gasteiger partial charge in [-0.3, -0.25) is 13.9 Å². The van der Waals surface area contributed by atoms with Gasteiger partial charge in [0.1, 0.15) is 12.6 Å². The molecular formula is C36H38BrN3O4S. The van der Waals surface area contributed by atoms with Crippen LogP contribution in [-0.4, -0.2) is 43.8 Å². The molecule has 2 amide bonds. The van der Waals surface area contributed by atoms with Crippen LogP contribution < -0.4 is 9.62 Å². The van der Waals surface area contributed by atoms with E-state index >= 15 is 0 Å². The number of amides is 2. The Balaban J connectivity index is 1.54. The molecule has 1 atom stereocenters. The first-order valence-corrected chi connectivity index (χ1v) is 17.6. The van der Waals surface area contributed by atoms with Crippen molar-refractivity contribution in [1.29, 1.82) is 0 Å². The first-order chi connectivity index (χ1) is 21.8. The third-order valence-electron chi connectivity index (χ3n) is 8.14. The predicted octanol–water partition coefficient (Wildman–Crippen LogP) is 6.73. The van der Waals surface area contributed by atoms with Crippen LogP contribution in [0.5, 0.6) is 0 Å². The van der Waals surface area contributed by atoms with Gasteiger partial charge >= 0.3 is 0 Å². The molecule has 0 unspecified atom stereocenters. The van der Waals surface area contributed by atoms with Crippen molar-refractivity contribution in [1.82, 2.24) is 10.2 Å². The van der Waals surface area contributed by atoms with Gasteiger partial charge in [-0.05, 0) is 60.4 Å². The number of sulfonamides is 1. The summed E-state index contributed by atoms with van der Waals surface area (Å²) < 4.78 is 30.0. The Labute approximate surface area is 274 Å². The van der Waals surface area contributed by atoms with E-state index in [-0.39, 0.29) is 23.4 Å². The molecule has 5 rings (SSSR count). The summed E-state index contributed by atoms with van der Waals surface area (Å²) in [6.07, 6.45) is 5.37. The van der Waals surface area contributed by atoms with Gasteiger partial charge in [0.2, 0.25) is 11.8 Å². The number of carbonyl (C=O) groups excluding carboxylic acids is 2. The van der Waals surface area contributed by atoms with Gasteiger partial charge in [-0.15, -0.1) is 0 Å². The second-order valence-corrected chi connectivity index (χ2v) is 14.1. The number of carbonyl (C=O) groups is 2. The van der Waals surface area contributed by atoms with Crippen molar-refractivity contribution in [3.63, 3.8) is 0 Å². The van der Waals surface area contributed by atoms with Crippen LogP contribution in [0.2, 0.25) is 0 Å². The highest BCUT2D eigenvalue weighted by Gasteiger charge is 2.35. The number of anilines is 1. The molecule has 0 aliphatic heterocycles. The van der Waals surface area contributed by atoms with Gasteiger partial charge in [-0.25, -0.2) is 8.42 Å². The van der Waals surface area contributed by atoms with E-state index in [0.717, 1.165) is 52.0 Å². The second kappa shape index (κ2) is 15.4. The summed E-state index contributed by atoms with van der Waals surface area (Å²) in [4.78, 5) is 30.3. The van der Waals surface area contributed by atoms with Crippen LogP contribution in [0.4, 0.5) is 5.69 Å². The average Bonchev–Trinajstić information content (AvgIpc) is 3.07. The summed E-state index contributed by atoms with van der Waals surface area (Å²) in [7, 11) is -4.13. The normalized spacial score (nSPS) is 14.3. The smallest absolute Gasteiger partial charge is 0.264 e. The molecule has 1 aliphatic rings. The lowest BCUT2D eigenvalue weighted by Crippen LogP contribution is -2.55. The van der Waals surface area contributed by atoms with E-state index in [1.54, 1.807) is 47.4 Å². The van der Waals surface area contributed by atoms with E-state index in [2.05, 4.69) is 21.2 Å². The Bertz CT molecular complexity index is 1650. The van der Waals surface area contributed by atoms with Crippen LogP contribution in [0, 0.1) is 0 Å². The van der Waals surface area contributed by atoms with Crippen LogP contribution in [0.1, 0.15) is 43.2 Å². The van der Waals surface area contributed by atoms with Crippen LogP contribution in [0.25, 0.3) is 0 Å². The highest BCUT2D eigenvalue weighted by molar-refractivity contribution is 9.10. The molecular weight excluding hydrogens is 650 g/mol. The fourth-order valence-electron chi connectivity index (χ4n) is 5.73. The summed E-state index contributed by atoms with van der Waals surface area (Å²) in [6, 6.07) is 33.2. The summed E-state index contributed by atoms with van der Waals surface area (Å²) in [5.74, 6) is -0.697. The number of rotatable bonds is 12. The molecule has 45 heavy (non-hydrogen) atoms. The number of halogens is 1. The molecule has 0 saturated heterocycles. The van der Waals surface area contributed by atoms with Gasteiger partial charge in [-0.1, -0.05) is 114 Å². The lowest BCUT2D eigenvalue weighted by molar-refractivity contribution is -0.140. The minimum atomic E-state index is -4.13. The molecule has 1 saturated carbocycles. The predicted molar refractivity (Wildman–Crippen MR) is 181 cm³/mol. The number of nitrogens with one attached hydrogen (secondary N) is 1. The van der Waals surface area contributed by atoms with Crippen LogP contribution in [0.3, 0.4) is 0 Å². The van der Waals surface area contributed by atoms with Crippen molar-refractivity contribution in [3.05, 3.63) is 131 Å². The number of hydrogen-bond donors (Lipinski definition) is 1. The molecule has 0 bridgehead atoms. The minimum absolute atomic E-state index is 0.0518. The SMILES string of the molecule is O=C(NC1CCCCC1)[C@@H](Cc1ccccc1)N(Cc1ccccc1)C(=O)CN(c1ccc(Br)cc1)S(=O)(=O)c1ccccc1. The Kier molecular flexibility index (Phi) is 11.1. The van der Waals surface area contributed by atoms with Crippen molar-refractivity contribution in [2.75, 3.05) is 10.8 Å². The van der Waals surface area contributed by atoms with Crippen LogP contribution in [0.15, 0.2) is 125 Å². The summed E-state index contributed by atoms with van der Waals surface area (Å²) in [5.41, 5.74) is 2.10. The quantitative estimate of drug-likeness (QED) is 0.179. The molecule has 1 N–H and O–H groups in total. The summed E-state index contributed by atoms with van der Waals surface area (Å²) in [5, 5.41) is 3.24. The number of hydrogen-bond acceptors (Lipinski definition) is 4. The Morgan fingerprint density at radius 3 is 1.91 bits per heavy atom. The van der Waals surface area contributed by atoms with Crippen molar-refractivity contribution in [2.24, 2.45) is 0 Å². The Morgan fingerprint density at radius 1 is 0.756 bits per heavy atom. The Hall–Kier alpha value is -3.95. The maximum absolute atomic E-state index is 14.5. The maximum Gasteiger partial charge on any atom is 0.264 e. The van der Waals surface area contributed by atoms with Gasteiger partial charge in [0.05, 0.1) is 10.6 Å². The van der Waals surface area contributed by atoms with Gasteiger partial charge in [0.25, 0.3) is 10.0 Å². The van der Waals surface area contributed by atoms with Gasteiger partial charge < -0.3 is 10.2 Å². The molecule has 7 nitrogen and oxygen atoms in total. The fraction of sp³-hybridized carbons (Fsp3) is 0.278. The third-order valence-corrected chi connectivity index (χ3v) is 10.5. The minimum Gasteiger partial charge on any atom is -0.352 e. The van der Waals surface area contributed by atoms with Crippen molar-refractivity contribution < 1.29 is 18.0 Å². The largest absolute Gasteiger partial charge is 0.352 e. The molecule has 4 aromatic carbocycles. The first kappa shape index (κ1) is 32.4. The highest BCUT2D eigenvalue weighted by atomic mass is 79.9. The standard InChI is InChI=1S/C36H38BrN3O4S/c37-30-21-23-32(24-22-30)40(45(43,44)33-19-11-4-12-20-33)27-35(41)39(26-29-15-7-2-8-16-29)34(25-28-13-5-1-6-14-28)36(42)38-31-17-9-3-10-18-31/h1-2,4-8,11-16,19-24,31,34H,3,9-10,17-18,25-27H2,(H,38,42)/t34-/m1/s1. The number of benzene rings is 4. The molecule has 0 radical (unpaired) electrons. The van der Waals surface area contributed by atoms with Crippen LogP contribution in [-0.2, 0) is 32.6 Å². The zero-order valence-corrected chi connectivity index (χ0v) is 27.5. The highest BCUT2D eigenvalue weighted by Crippen LogP contribution is 2.27. The van der Waals surface area contributed by atoms with Gasteiger partial charge in [0, 0.05) is 23.5 Å². The number of nitrogens with zero attached hydrogens (tertiary/aromatic N) is 2. The zero-order chi connectivity index (χ0) is 31.6. The molecule has 1 fully saturated rings. The molecule has 0 aromatic heterocycles. The molecule has 234 valence electrons. The molecule has 4 aromatic rings. The van der Waals surface area contributed by atoms with Crippen LogP contribution >= 0.6 is 15.9 Å². The van der Waals surface area contributed by atoms with E-state index in [4.69, 9.17) is 0 Å². The van der Waals surface area contributed by atoms with Crippen molar-refractivity contribution in [3.8, 4) is 0 Å². The molecule has 0 spiro atoms. The second-order valence-electron chi connectivity index (χ2n) is 11.4. The van der Waals surface area contributed by atoms with Gasteiger partial charge in [-0.2, -0.15) is 0 Å². The van der Waals surface area contributed by atoms with E-state index < -0.39 is 28.5 Å². The van der Waals surface area contributed by atoms with E-state index in [0.29, 0.717) is 12.1 Å².